The molecule has 1 amide bonds. The third-order valence-corrected chi connectivity index (χ3v) is 9.57. The highest BCUT2D eigenvalue weighted by molar-refractivity contribution is 5.78. The highest BCUT2D eigenvalue weighted by Gasteiger charge is 2.71. The number of aromatic nitrogens is 1. The first kappa shape index (κ1) is 24.2. The minimum absolute atomic E-state index is 0.0263. The lowest BCUT2D eigenvalue weighted by molar-refractivity contribution is -0.162. The monoisotopic (exact) mass is 529 g/mol. The van der Waals surface area contributed by atoms with Gasteiger partial charge >= 0.3 is 6.18 Å². The van der Waals surface area contributed by atoms with Crippen LogP contribution in [0.1, 0.15) is 48.2 Å². The van der Waals surface area contributed by atoms with E-state index in [9.17, 15) is 28.2 Å². The fourth-order valence-corrected chi connectivity index (χ4v) is 7.63. The lowest BCUT2D eigenvalue weighted by atomic mass is 9.52. The summed E-state index contributed by atoms with van der Waals surface area (Å²) in [5, 5.41) is 23.3. The number of hydrogen-bond acceptors (Lipinski definition) is 6. The van der Waals surface area contributed by atoms with E-state index in [4.69, 9.17) is 4.74 Å². The van der Waals surface area contributed by atoms with Crippen LogP contribution in [-0.2, 0) is 29.2 Å². The number of nitrogens with zero attached hydrogens (tertiary/aromatic N) is 3. The summed E-state index contributed by atoms with van der Waals surface area (Å²) in [4.78, 5) is 21.1. The number of pyridine rings is 1. The Bertz CT molecular complexity index is 1310. The van der Waals surface area contributed by atoms with Crippen molar-refractivity contribution in [2.75, 3.05) is 26.2 Å². The summed E-state index contributed by atoms with van der Waals surface area (Å²) in [5.74, 6) is 0.722. The second kappa shape index (κ2) is 8.08. The molecule has 3 aliphatic heterocycles. The first-order valence-corrected chi connectivity index (χ1v) is 13.4. The van der Waals surface area contributed by atoms with Crippen LogP contribution in [-0.4, -0.2) is 74.8 Å². The van der Waals surface area contributed by atoms with Crippen LogP contribution in [0.4, 0.5) is 13.2 Å². The number of aliphatic hydroxyl groups is 1. The molecule has 4 heterocycles. The largest absolute Gasteiger partial charge is 0.504 e. The first-order valence-electron chi connectivity index (χ1n) is 13.4. The Labute approximate surface area is 218 Å². The van der Waals surface area contributed by atoms with Crippen LogP contribution >= 0.6 is 0 Å². The van der Waals surface area contributed by atoms with E-state index < -0.39 is 29.0 Å². The second-order valence-electron chi connectivity index (χ2n) is 11.6. The molecule has 5 aliphatic rings. The lowest BCUT2D eigenvalue weighted by Crippen LogP contribution is -2.74. The number of halogens is 3. The van der Waals surface area contributed by atoms with Crippen LogP contribution < -0.4 is 4.74 Å². The lowest BCUT2D eigenvalue weighted by Gasteiger charge is -2.60. The number of carbonyl (C=O) groups is 1. The van der Waals surface area contributed by atoms with Gasteiger partial charge in [-0.05, 0) is 68.3 Å². The number of alkyl halides is 3. The molecule has 1 saturated carbocycles. The van der Waals surface area contributed by atoms with Crippen LogP contribution in [0.15, 0.2) is 30.3 Å². The van der Waals surface area contributed by atoms with Crippen molar-refractivity contribution in [3.05, 3.63) is 52.8 Å². The Kier molecular flexibility index (Phi) is 5.15. The third kappa shape index (κ3) is 3.42. The number of benzene rings is 1. The Balaban J connectivity index is 1.24. The van der Waals surface area contributed by atoms with Gasteiger partial charge in [0, 0.05) is 24.7 Å². The maximum Gasteiger partial charge on any atom is 0.433 e. The molecule has 2 aromatic rings. The zero-order valence-electron chi connectivity index (χ0n) is 20.9. The van der Waals surface area contributed by atoms with Crippen molar-refractivity contribution in [2.24, 2.45) is 5.92 Å². The standard InChI is InChI=1S/C28H30F3N3O4/c29-28(30,31)20-3-1-2-18(32-20)13-23(36)34-11-9-27(37)21-12-17-6-7-19(35)25-24(17)26(27,22(15-34)38-25)8-10-33(21)14-16-4-5-16/h1-3,6-7,16,21-22,35,37H,4-5,8-15H2/t21-,22+,26-,27-/m1/s1. The molecule has 7 nitrogen and oxygen atoms in total. The van der Waals surface area contributed by atoms with Gasteiger partial charge in [-0.3, -0.25) is 9.69 Å². The molecule has 1 spiro atoms. The van der Waals surface area contributed by atoms with Gasteiger partial charge in [0.05, 0.1) is 29.7 Å². The number of rotatable bonds is 4. The third-order valence-electron chi connectivity index (χ3n) is 9.57. The molecular formula is C28H30F3N3O4. The fourth-order valence-electron chi connectivity index (χ4n) is 7.63. The van der Waals surface area contributed by atoms with Gasteiger partial charge in [0.1, 0.15) is 11.8 Å². The number of phenols is 1. The topological polar surface area (TPSA) is 86.1 Å². The number of aromatic hydroxyl groups is 1. The smallest absolute Gasteiger partial charge is 0.433 e. The molecule has 10 heteroatoms. The molecule has 202 valence electrons. The molecule has 7 rings (SSSR count). The zero-order valence-corrected chi connectivity index (χ0v) is 20.9. The molecule has 1 aromatic carbocycles. The van der Waals surface area contributed by atoms with Crippen molar-refractivity contribution in [3.8, 4) is 11.5 Å². The van der Waals surface area contributed by atoms with Crippen LogP contribution in [0.2, 0.25) is 0 Å². The minimum Gasteiger partial charge on any atom is -0.504 e. The predicted octanol–water partition coefficient (Wildman–Crippen LogP) is 3.05. The summed E-state index contributed by atoms with van der Waals surface area (Å²) in [5.41, 5.74) is -0.957. The summed E-state index contributed by atoms with van der Waals surface area (Å²) in [6, 6.07) is 7.01. The molecule has 0 unspecified atom stereocenters. The molecule has 3 fully saturated rings. The summed E-state index contributed by atoms with van der Waals surface area (Å²) in [6.07, 6.45) is -1.40. The van der Waals surface area contributed by atoms with E-state index in [-0.39, 0.29) is 42.9 Å². The maximum absolute atomic E-state index is 13.4. The summed E-state index contributed by atoms with van der Waals surface area (Å²) in [7, 11) is 0. The van der Waals surface area contributed by atoms with E-state index in [2.05, 4.69) is 9.88 Å². The SMILES string of the molecule is O=C(Cc1cccc(C(F)(F)F)n1)N1CC[C@@]2(O)[C@H]3Cc4ccc(O)c5c4[C@@]2(CCN3CC2CC2)[C@H](C1)O5. The van der Waals surface area contributed by atoms with Crippen LogP contribution in [0, 0.1) is 5.92 Å². The van der Waals surface area contributed by atoms with Crippen LogP contribution in [0.3, 0.4) is 0 Å². The first-order chi connectivity index (χ1) is 18.1. The summed E-state index contributed by atoms with van der Waals surface area (Å²) < 4.78 is 45.9. The number of amides is 1. The zero-order chi connectivity index (χ0) is 26.4. The molecule has 2 N–H and O–H groups in total. The van der Waals surface area contributed by atoms with Gasteiger partial charge in [-0.1, -0.05) is 12.1 Å². The number of ether oxygens (including phenoxy) is 1. The average Bonchev–Trinajstić information content (AvgIpc) is 3.64. The van der Waals surface area contributed by atoms with E-state index in [1.54, 1.807) is 11.0 Å². The quantitative estimate of drug-likeness (QED) is 0.634. The molecule has 4 atom stereocenters. The molecule has 2 saturated heterocycles. The summed E-state index contributed by atoms with van der Waals surface area (Å²) in [6.45, 7) is 2.20. The van der Waals surface area contributed by atoms with Gasteiger partial charge < -0.3 is 19.8 Å². The Hall–Kier alpha value is -2.85. The number of piperidine rings is 1. The Morgan fingerprint density at radius 3 is 2.74 bits per heavy atom. The Morgan fingerprint density at radius 1 is 1.16 bits per heavy atom. The van der Waals surface area contributed by atoms with Crippen molar-refractivity contribution in [2.45, 2.75) is 67.9 Å². The predicted molar refractivity (Wildman–Crippen MR) is 130 cm³/mol. The van der Waals surface area contributed by atoms with E-state index in [1.807, 2.05) is 6.07 Å². The number of carbonyl (C=O) groups excluding carboxylic acids is 1. The Morgan fingerprint density at radius 2 is 1.97 bits per heavy atom. The highest BCUT2D eigenvalue weighted by Crippen LogP contribution is 2.63. The van der Waals surface area contributed by atoms with Crippen molar-refractivity contribution < 1.29 is 32.9 Å². The van der Waals surface area contributed by atoms with Gasteiger partial charge in [-0.25, -0.2) is 4.98 Å². The fraction of sp³-hybridized carbons (Fsp3) is 0.571. The van der Waals surface area contributed by atoms with Crippen LogP contribution in [0.5, 0.6) is 11.5 Å². The second-order valence-corrected chi connectivity index (χ2v) is 11.6. The molecule has 2 aliphatic carbocycles. The number of phenolic OH excluding ortho intramolecular Hbond substituents is 1. The van der Waals surface area contributed by atoms with E-state index >= 15 is 0 Å². The van der Waals surface area contributed by atoms with Gasteiger partial charge in [-0.2, -0.15) is 13.2 Å². The maximum atomic E-state index is 13.4. The number of likely N-dealkylation sites (tertiary alicyclic amines) is 2. The van der Waals surface area contributed by atoms with E-state index in [1.165, 1.54) is 25.0 Å². The van der Waals surface area contributed by atoms with Gasteiger partial charge in [0.2, 0.25) is 5.91 Å². The average molecular weight is 530 g/mol. The van der Waals surface area contributed by atoms with Gasteiger partial charge in [0.15, 0.2) is 11.5 Å². The minimum atomic E-state index is -4.59. The van der Waals surface area contributed by atoms with Gasteiger partial charge in [-0.15, -0.1) is 0 Å². The highest BCUT2D eigenvalue weighted by atomic mass is 19.4. The number of hydrogen-bond donors (Lipinski definition) is 2. The normalized spacial score (nSPS) is 31.9. The van der Waals surface area contributed by atoms with Gasteiger partial charge in [0.25, 0.3) is 0 Å². The van der Waals surface area contributed by atoms with Crippen molar-refractivity contribution in [1.82, 2.24) is 14.8 Å². The molecule has 0 radical (unpaired) electrons. The molecular weight excluding hydrogens is 499 g/mol. The molecule has 38 heavy (non-hydrogen) atoms. The van der Waals surface area contributed by atoms with E-state index in [0.29, 0.717) is 30.9 Å². The summed E-state index contributed by atoms with van der Waals surface area (Å²) >= 11 is 0. The molecule has 1 aromatic heterocycles. The van der Waals surface area contributed by atoms with E-state index in [0.717, 1.165) is 30.3 Å². The van der Waals surface area contributed by atoms with Crippen molar-refractivity contribution >= 4 is 5.91 Å². The van der Waals surface area contributed by atoms with Crippen molar-refractivity contribution in [1.29, 1.82) is 0 Å². The van der Waals surface area contributed by atoms with Crippen LogP contribution in [0.25, 0.3) is 0 Å². The molecule has 2 bridgehead atoms. The van der Waals surface area contributed by atoms with Crippen molar-refractivity contribution in [3.63, 3.8) is 0 Å².